The highest BCUT2D eigenvalue weighted by molar-refractivity contribution is 5.48. The van der Waals surface area contributed by atoms with Gasteiger partial charge in [-0.2, -0.15) is 0 Å². The number of anilines is 1. The van der Waals surface area contributed by atoms with Crippen molar-refractivity contribution in [3.63, 3.8) is 0 Å². The van der Waals surface area contributed by atoms with Gasteiger partial charge in [0, 0.05) is 31.4 Å². The second-order valence-electron chi connectivity index (χ2n) is 4.88. The van der Waals surface area contributed by atoms with Gasteiger partial charge < -0.3 is 15.0 Å². The lowest BCUT2D eigenvalue weighted by Gasteiger charge is -2.17. The maximum Gasteiger partial charge on any atom is 0.120 e. The molecule has 0 aliphatic heterocycles. The lowest BCUT2D eigenvalue weighted by Crippen LogP contribution is -2.24. The van der Waals surface area contributed by atoms with E-state index in [1.54, 1.807) is 7.11 Å². The lowest BCUT2D eigenvalue weighted by atomic mass is 10.2. The van der Waals surface area contributed by atoms with Crippen LogP contribution in [0.5, 0.6) is 5.75 Å². The largest absolute Gasteiger partial charge is 0.497 e. The van der Waals surface area contributed by atoms with Crippen LogP contribution in [0.1, 0.15) is 5.56 Å². The van der Waals surface area contributed by atoms with Gasteiger partial charge in [0.1, 0.15) is 5.75 Å². The average Bonchev–Trinajstić information content (AvgIpc) is 2.48. The van der Waals surface area contributed by atoms with Crippen molar-refractivity contribution in [3.05, 3.63) is 60.2 Å². The number of hydrogen-bond acceptors (Lipinski definition) is 3. The third kappa shape index (κ3) is 4.59. The highest BCUT2D eigenvalue weighted by Gasteiger charge is 2.00. The van der Waals surface area contributed by atoms with E-state index in [1.165, 1.54) is 5.56 Å². The summed E-state index contributed by atoms with van der Waals surface area (Å²) in [5, 5.41) is 3.41. The maximum absolute atomic E-state index is 5.21. The van der Waals surface area contributed by atoms with E-state index in [0.29, 0.717) is 0 Å². The molecule has 0 aromatic heterocycles. The molecule has 3 heteroatoms. The van der Waals surface area contributed by atoms with Gasteiger partial charge in [0.05, 0.1) is 7.11 Å². The number of ether oxygens (including phenoxy) is 1. The highest BCUT2D eigenvalue weighted by Crippen LogP contribution is 2.16. The summed E-state index contributed by atoms with van der Waals surface area (Å²) in [5.41, 5.74) is 2.44. The van der Waals surface area contributed by atoms with E-state index in [2.05, 4.69) is 47.6 Å². The number of methoxy groups -OCH3 is 1. The van der Waals surface area contributed by atoms with Crippen molar-refractivity contribution in [2.24, 2.45) is 0 Å². The third-order valence-electron chi connectivity index (χ3n) is 3.19. The average molecular weight is 270 g/mol. The van der Waals surface area contributed by atoms with Crippen LogP contribution in [0.3, 0.4) is 0 Å². The smallest absolute Gasteiger partial charge is 0.120 e. The molecule has 0 spiro atoms. The summed E-state index contributed by atoms with van der Waals surface area (Å²) in [6.07, 6.45) is 0. The molecule has 2 rings (SSSR count). The van der Waals surface area contributed by atoms with Crippen LogP contribution in [0, 0.1) is 0 Å². The van der Waals surface area contributed by atoms with E-state index in [1.807, 2.05) is 24.3 Å². The van der Waals surface area contributed by atoms with Crippen molar-refractivity contribution in [1.82, 2.24) is 4.90 Å². The summed E-state index contributed by atoms with van der Waals surface area (Å²) >= 11 is 0. The molecule has 0 atom stereocenters. The number of nitrogens with one attached hydrogen (secondary N) is 1. The molecule has 0 bridgehead atoms. The summed E-state index contributed by atoms with van der Waals surface area (Å²) in [5.74, 6) is 0.882. The van der Waals surface area contributed by atoms with Gasteiger partial charge in [-0.25, -0.2) is 0 Å². The maximum atomic E-state index is 5.21. The number of nitrogens with zero attached hydrogens (tertiary/aromatic N) is 1. The van der Waals surface area contributed by atoms with Crippen molar-refractivity contribution >= 4 is 5.69 Å². The van der Waals surface area contributed by atoms with Gasteiger partial charge >= 0.3 is 0 Å². The molecule has 0 radical (unpaired) electrons. The van der Waals surface area contributed by atoms with E-state index in [0.717, 1.165) is 31.1 Å². The molecule has 2 aromatic carbocycles. The summed E-state index contributed by atoms with van der Waals surface area (Å²) < 4.78 is 5.21. The van der Waals surface area contributed by atoms with Crippen LogP contribution in [0.25, 0.3) is 0 Å². The fourth-order valence-electron chi connectivity index (χ4n) is 2.10. The summed E-state index contributed by atoms with van der Waals surface area (Å²) in [4.78, 5) is 2.31. The first kappa shape index (κ1) is 14.4. The van der Waals surface area contributed by atoms with Crippen LogP contribution in [-0.2, 0) is 6.54 Å². The third-order valence-corrected chi connectivity index (χ3v) is 3.19. The Bertz CT molecular complexity index is 513. The predicted octanol–water partition coefficient (Wildman–Crippen LogP) is 3.24. The van der Waals surface area contributed by atoms with Crippen molar-refractivity contribution in [2.75, 3.05) is 32.6 Å². The topological polar surface area (TPSA) is 24.5 Å². The summed E-state index contributed by atoms with van der Waals surface area (Å²) in [6.45, 7) is 2.88. The number of benzene rings is 2. The summed E-state index contributed by atoms with van der Waals surface area (Å²) in [6, 6.07) is 18.5. The van der Waals surface area contributed by atoms with Gasteiger partial charge in [-0.1, -0.05) is 36.4 Å². The van der Waals surface area contributed by atoms with Gasteiger partial charge in [0.25, 0.3) is 0 Å². The standard InChI is InChI=1S/C17H22N2O/c1-19(14-15-7-4-3-5-8-15)12-11-18-16-9-6-10-17(13-16)20-2/h3-10,13,18H,11-12,14H2,1-2H3. The van der Waals surface area contributed by atoms with Crippen LogP contribution < -0.4 is 10.1 Å². The van der Waals surface area contributed by atoms with Crippen molar-refractivity contribution in [2.45, 2.75) is 6.54 Å². The van der Waals surface area contributed by atoms with Crippen LogP contribution in [0.2, 0.25) is 0 Å². The molecule has 106 valence electrons. The first-order valence-corrected chi connectivity index (χ1v) is 6.88. The van der Waals surface area contributed by atoms with E-state index in [-0.39, 0.29) is 0 Å². The zero-order chi connectivity index (χ0) is 14.2. The molecule has 0 aliphatic rings. The zero-order valence-corrected chi connectivity index (χ0v) is 12.2. The SMILES string of the molecule is COc1cccc(NCCN(C)Cc2ccccc2)c1. The first-order valence-electron chi connectivity index (χ1n) is 6.88. The minimum Gasteiger partial charge on any atom is -0.497 e. The van der Waals surface area contributed by atoms with E-state index < -0.39 is 0 Å². The quantitative estimate of drug-likeness (QED) is 0.836. The van der Waals surface area contributed by atoms with Crippen LogP contribution >= 0.6 is 0 Å². The van der Waals surface area contributed by atoms with Crippen molar-refractivity contribution < 1.29 is 4.74 Å². The van der Waals surface area contributed by atoms with Gasteiger partial charge in [-0.05, 0) is 24.7 Å². The molecular weight excluding hydrogens is 248 g/mol. The minimum atomic E-state index is 0.882. The monoisotopic (exact) mass is 270 g/mol. The molecular formula is C17H22N2O. The Balaban J connectivity index is 1.75. The van der Waals surface area contributed by atoms with Crippen molar-refractivity contribution in [1.29, 1.82) is 0 Å². The Morgan fingerprint density at radius 3 is 2.60 bits per heavy atom. The Hall–Kier alpha value is -2.00. The normalized spacial score (nSPS) is 10.6. The second-order valence-corrected chi connectivity index (χ2v) is 4.88. The number of hydrogen-bond donors (Lipinski definition) is 1. The van der Waals surface area contributed by atoms with Crippen LogP contribution in [-0.4, -0.2) is 32.1 Å². The number of rotatable bonds is 7. The second kappa shape index (κ2) is 7.56. The van der Waals surface area contributed by atoms with Gasteiger partial charge in [-0.3, -0.25) is 0 Å². The van der Waals surface area contributed by atoms with E-state index in [4.69, 9.17) is 4.74 Å². The predicted molar refractivity (Wildman–Crippen MR) is 84.3 cm³/mol. The van der Waals surface area contributed by atoms with Gasteiger partial charge in [0.15, 0.2) is 0 Å². The molecule has 0 fully saturated rings. The van der Waals surface area contributed by atoms with Gasteiger partial charge in [-0.15, -0.1) is 0 Å². The molecule has 2 aromatic rings. The Kier molecular flexibility index (Phi) is 5.44. The fraction of sp³-hybridized carbons (Fsp3) is 0.294. The van der Waals surface area contributed by atoms with E-state index in [9.17, 15) is 0 Å². The molecule has 0 unspecified atom stereocenters. The number of likely N-dealkylation sites (N-methyl/N-ethyl adjacent to an activating group) is 1. The molecule has 0 amide bonds. The molecule has 0 saturated heterocycles. The molecule has 3 nitrogen and oxygen atoms in total. The molecule has 0 saturated carbocycles. The molecule has 1 N–H and O–H groups in total. The van der Waals surface area contributed by atoms with Crippen LogP contribution in [0.15, 0.2) is 54.6 Å². The Labute approximate surface area is 121 Å². The fourth-order valence-corrected chi connectivity index (χ4v) is 2.10. The highest BCUT2D eigenvalue weighted by atomic mass is 16.5. The first-order chi connectivity index (χ1) is 9.78. The zero-order valence-electron chi connectivity index (χ0n) is 12.2. The Morgan fingerprint density at radius 2 is 1.85 bits per heavy atom. The molecule has 0 heterocycles. The Morgan fingerprint density at radius 1 is 1.05 bits per heavy atom. The van der Waals surface area contributed by atoms with E-state index >= 15 is 0 Å². The molecule has 0 aliphatic carbocycles. The minimum absolute atomic E-state index is 0.882. The lowest BCUT2D eigenvalue weighted by molar-refractivity contribution is 0.340. The van der Waals surface area contributed by atoms with Crippen molar-refractivity contribution in [3.8, 4) is 5.75 Å². The van der Waals surface area contributed by atoms with Crippen LogP contribution in [0.4, 0.5) is 5.69 Å². The molecule has 20 heavy (non-hydrogen) atoms. The van der Waals surface area contributed by atoms with Gasteiger partial charge in [0.2, 0.25) is 0 Å². The summed E-state index contributed by atoms with van der Waals surface area (Å²) in [7, 11) is 3.83.